The van der Waals surface area contributed by atoms with Gasteiger partial charge in [-0.25, -0.2) is 4.98 Å². The molecule has 0 saturated heterocycles. The third-order valence-electron chi connectivity index (χ3n) is 5.92. The van der Waals surface area contributed by atoms with Crippen LogP contribution in [0.1, 0.15) is 5.56 Å². The number of rotatable bonds is 0. The molecule has 6 aromatic rings. The Hall–Kier alpha value is -3.89. The van der Waals surface area contributed by atoms with E-state index in [9.17, 15) is 0 Å². The first-order valence-corrected chi connectivity index (χ1v) is 10.6. The van der Waals surface area contributed by atoms with Crippen molar-refractivity contribution >= 4 is 67.4 Å². The van der Waals surface area contributed by atoms with E-state index >= 15 is 0 Å². The number of halogens is 1. The van der Waals surface area contributed by atoms with Crippen LogP contribution in [0.2, 0.25) is 0 Å². The zero-order valence-corrected chi connectivity index (χ0v) is 19.4. The van der Waals surface area contributed by atoms with Crippen molar-refractivity contribution in [2.75, 3.05) is 11.5 Å². The summed E-state index contributed by atoms with van der Waals surface area (Å²) >= 11 is 0. The van der Waals surface area contributed by atoms with Gasteiger partial charge in [0.25, 0.3) is 0 Å². The number of para-hydroxylation sites is 1. The highest BCUT2D eigenvalue weighted by atomic mass is 35.5. The summed E-state index contributed by atoms with van der Waals surface area (Å²) in [5.41, 5.74) is 18.9. The molecule has 2 aromatic heterocycles. The molecule has 0 unspecified atom stereocenters. The maximum Gasteiger partial charge on any atom is 0.214 e. The van der Waals surface area contributed by atoms with E-state index in [0.717, 1.165) is 33.4 Å². The van der Waals surface area contributed by atoms with E-state index in [2.05, 4.69) is 58.9 Å². The van der Waals surface area contributed by atoms with Gasteiger partial charge in [0.05, 0.1) is 11.0 Å². The Kier molecular flexibility index (Phi) is 6.03. The van der Waals surface area contributed by atoms with E-state index in [0.29, 0.717) is 0 Å². The van der Waals surface area contributed by atoms with E-state index in [1.807, 2.05) is 55.6 Å². The third kappa shape index (κ3) is 4.26. The lowest BCUT2D eigenvalue weighted by Gasteiger charge is -2.03. The number of nitrogens with zero attached hydrogens (tertiary/aromatic N) is 2. The number of benzene rings is 4. The zero-order valence-electron chi connectivity index (χ0n) is 18.6. The summed E-state index contributed by atoms with van der Waals surface area (Å²) in [5.74, 6) is 0. The Morgan fingerprint density at radius 2 is 1.24 bits per heavy atom. The van der Waals surface area contributed by atoms with Gasteiger partial charge in [-0.05, 0) is 61.0 Å². The Morgan fingerprint density at radius 1 is 0.636 bits per heavy atom. The predicted octanol–water partition coefficient (Wildman–Crippen LogP) is 6.10. The van der Waals surface area contributed by atoms with E-state index in [4.69, 9.17) is 11.5 Å². The molecule has 0 bridgehead atoms. The molecule has 4 aromatic carbocycles. The van der Waals surface area contributed by atoms with E-state index in [-0.39, 0.29) is 12.4 Å². The average molecular weight is 454 g/mol. The van der Waals surface area contributed by atoms with Crippen molar-refractivity contribution in [1.29, 1.82) is 0 Å². The highest BCUT2D eigenvalue weighted by Gasteiger charge is 2.11. The van der Waals surface area contributed by atoms with Crippen LogP contribution >= 0.6 is 12.4 Å². The quantitative estimate of drug-likeness (QED) is 0.166. The summed E-state index contributed by atoms with van der Waals surface area (Å²) < 4.78 is 2.12. The molecule has 6 rings (SSSR count). The number of aromatic nitrogens is 2. The van der Waals surface area contributed by atoms with Gasteiger partial charge < -0.3 is 11.5 Å². The molecule has 0 radical (unpaired) electrons. The molecule has 2 heterocycles. The zero-order chi connectivity index (χ0) is 22.2. The highest BCUT2D eigenvalue weighted by molar-refractivity contribution is 5.94. The lowest BCUT2D eigenvalue weighted by molar-refractivity contribution is -0.617. The smallest absolute Gasteiger partial charge is 0.214 e. The molecule has 0 saturated carbocycles. The van der Waals surface area contributed by atoms with Crippen LogP contribution in [0.3, 0.4) is 0 Å². The van der Waals surface area contributed by atoms with E-state index in [1.165, 1.54) is 27.1 Å². The maximum atomic E-state index is 5.83. The number of hydrogen-bond acceptors (Lipinski definition) is 3. The molecule has 0 aliphatic rings. The van der Waals surface area contributed by atoms with Gasteiger partial charge in [-0.15, -0.1) is 12.4 Å². The molecule has 5 heteroatoms. The monoisotopic (exact) mass is 453 g/mol. The van der Waals surface area contributed by atoms with Gasteiger partial charge in [0.1, 0.15) is 7.05 Å². The van der Waals surface area contributed by atoms with Crippen LogP contribution in [0, 0.1) is 6.92 Å². The third-order valence-corrected chi connectivity index (χ3v) is 5.92. The molecular weight excluding hydrogens is 428 g/mol. The first-order valence-electron chi connectivity index (χ1n) is 10.6. The highest BCUT2D eigenvalue weighted by Crippen LogP contribution is 2.22. The predicted molar refractivity (Wildman–Crippen MR) is 143 cm³/mol. The Bertz CT molecular complexity index is 1570. The van der Waals surface area contributed by atoms with Crippen LogP contribution in [-0.4, -0.2) is 4.98 Å². The normalized spacial score (nSPS) is 10.7. The summed E-state index contributed by atoms with van der Waals surface area (Å²) in [6.45, 7) is 2.12. The first-order chi connectivity index (χ1) is 15.5. The molecule has 33 heavy (non-hydrogen) atoms. The Balaban J connectivity index is 0.000000153. The average Bonchev–Trinajstić information content (AvgIpc) is 2.80. The van der Waals surface area contributed by atoms with Crippen LogP contribution < -0.4 is 16.0 Å². The maximum absolute atomic E-state index is 5.83. The minimum Gasteiger partial charge on any atom is -0.399 e. The minimum absolute atomic E-state index is 0. The molecule has 0 fully saturated rings. The SMILES string of the molecule is C[n+]1c2cc(N)ccc2cc2ccc(N)cc21.Cc1cccc2nc3ccccc3cc12.Cl. The summed E-state index contributed by atoms with van der Waals surface area (Å²) in [5, 5.41) is 4.81. The lowest BCUT2D eigenvalue weighted by atomic mass is 10.1. The fourth-order valence-electron chi connectivity index (χ4n) is 4.19. The number of anilines is 2. The van der Waals surface area contributed by atoms with Crippen LogP contribution in [-0.2, 0) is 7.05 Å². The number of hydrogen-bond donors (Lipinski definition) is 2. The number of fused-ring (bicyclic) bond motifs is 4. The lowest BCUT2D eigenvalue weighted by Crippen LogP contribution is -2.30. The van der Waals surface area contributed by atoms with Crippen molar-refractivity contribution in [1.82, 2.24) is 4.98 Å². The summed E-state index contributed by atoms with van der Waals surface area (Å²) in [6.07, 6.45) is 0. The largest absolute Gasteiger partial charge is 0.399 e. The van der Waals surface area contributed by atoms with Crippen LogP contribution in [0.15, 0.2) is 91.0 Å². The van der Waals surface area contributed by atoms with Gasteiger partial charge >= 0.3 is 0 Å². The number of nitrogens with two attached hydrogens (primary N) is 2. The molecule has 0 aliphatic heterocycles. The molecule has 0 amide bonds. The Labute approximate surface area is 198 Å². The Morgan fingerprint density at radius 3 is 1.91 bits per heavy atom. The van der Waals surface area contributed by atoms with Crippen LogP contribution in [0.25, 0.3) is 43.6 Å². The number of nitrogen functional groups attached to an aromatic ring is 2. The van der Waals surface area contributed by atoms with Gasteiger partial charge in [0, 0.05) is 45.1 Å². The second-order valence-corrected chi connectivity index (χ2v) is 8.16. The molecule has 0 spiro atoms. The number of aryl methyl sites for hydroxylation is 2. The molecule has 0 atom stereocenters. The standard InChI is InChI=1S/C14H13N3.C14H11N.ClH/c1-17-13-7-11(15)4-2-9(13)6-10-3-5-12(16)8-14(10)17;1-10-5-4-8-14-12(10)9-11-6-2-3-7-13(11)15-14;/h2-8H,1H3,(H3,15,16);2-9H,1H3;1H/p+1. The first kappa shape index (κ1) is 22.3. The fraction of sp³-hybridized carbons (Fsp3) is 0.0714. The minimum atomic E-state index is 0. The van der Waals surface area contributed by atoms with Gasteiger partial charge in [0.15, 0.2) is 0 Å². The van der Waals surface area contributed by atoms with E-state index < -0.39 is 0 Å². The van der Waals surface area contributed by atoms with Crippen molar-refractivity contribution in [3.8, 4) is 0 Å². The van der Waals surface area contributed by atoms with Gasteiger partial charge in [-0.1, -0.05) is 30.3 Å². The molecule has 0 aliphatic carbocycles. The summed E-state index contributed by atoms with van der Waals surface area (Å²) in [4.78, 5) is 4.64. The van der Waals surface area contributed by atoms with E-state index in [1.54, 1.807) is 0 Å². The fourth-order valence-corrected chi connectivity index (χ4v) is 4.19. The van der Waals surface area contributed by atoms with Crippen molar-refractivity contribution in [2.45, 2.75) is 6.92 Å². The topological polar surface area (TPSA) is 68.8 Å². The summed E-state index contributed by atoms with van der Waals surface area (Å²) in [6, 6.07) is 30.7. The van der Waals surface area contributed by atoms with Crippen LogP contribution in [0.4, 0.5) is 11.4 Å². The van der Waals surface area contributed by atoms with Gasteiger partial charge in [-0.2, -0.15) is 4.57 Å². The van der Waals surface area contributed by atoms with Gasteiger partial charge in [0.2, 0.25) is 11.0 Å². The van der Waals surface area contributed by atoms with Gasteiger partial charge in [-0.3, -0.25) is 0 Å². The second kappa shape index (κ2) is 8.93. The van der Waals surface area contributed by atoms with Crippen molar-refractivity contribution < 1.29 is 4.57 Å². The van der Waals surface area contributed by atoms with Crippen molar-refractivity contribution in [2.24, 2.45) is 7.05 Å². The second-order valence-electron chi connectivity index (χ2n) is 8.16. The summed E-state index contributed by atoms with van der Waals surface area (Å²) in [7, 11) is 2.03. The molecule has 4 N–H and O–H groups in total. The molecular formula is C28H26ClN4+. The molecule has 164 valence electrons. The molecule has 4 nitrogen and oxygen atoms in total. The van der Waals surface area contributed by atoms with Crippen LogP contribution in [0.5, 0.6) is 0 Å². The van der Waals surface area contributed by atoms with Crippen molar-refractivity contribution in [3.63, 3.8) is 0 Å². The van der Waals surface area contributed by atoms with Crippen molar-refractivity contribution in [3.05, 3.63) is 96.6 Å². The number of pyridine rings is 2.